The summed E-state index contributed by atoms with van der Waals surface area (Å²) in [4.78, 5) is 0. The van der Waals surface area contributed by atoms with E-state index in [1.165, 1.54) is 44.9 Å². The number of nitriles is 1. The monoisotopic (exact) mass is 237 g/mol. The van der Waals surface area contributed by atoms with Gasteiger partial charge in [0.1, 0.15) is 0 Å². The summed E-state index contributed by atoms with van der Waals surface area (Å²) in [6, 6.07) is 2.07. The summed E-state index contributed by atoms with van der Waals surface area (Å²) in [5, 5.41) is 8.31. The van der Waals surface area contributed by atoms with Crippen LogP contribution in [0.25, 0.3) is 0 Å². The molecule has 0 aliphatic heterocycles. The van der Waals surface area contributed by atoms with E-state index in [-0.39, 0.29) is 0 Å². The van der Waals surface area contributed by atoms with Crippen LogP contribution in [0.4, 0.5) is 0 Å². The molecule has 17 heavy (non-hydrogen) atoms. The van der Waals surface area contributed by atoms with Crippen molar-refractivity contribution >= 4 is 0 Å². The van der Waals surface area contributed by atoms with Gasteiger partial charge in [0, 0.05) is 6.61 Å². The van der Waals surface area contributed by atoms with Gasteiger partial charge in [0.2, 0.25) is 0 Å². The lowest BCUT2D eigenvalue weighted by molar-refractivity contribution is 0.135. The van der Waals surface area contributed by atoms with Crippen LogP contribution in [0.1, 0.15) is 64.7 Å². The molecule has 0 unspecified atom stereocenters. The zero-order valence-electron chi connectivity index (χ0n) is 11.3. The van der Waals surface area contributed by atoms with Crippen LogP contribution in [-0.4, -0.2) is 13.2 Å². The van der Waals surface area contributed by atoms with E-state index in [2.05, 4.69) is 25.1 Å². The van der Waals surface area contributed by atoms with Crippen molar-refractivity contribution in [3.05, 3.63) is 12.2 Å². The number of hydrogen-bond acceptors (Lipinski definition) is 2. The smallest absolute Gasteiger partial charge is 0.0645 e. The summed E-state index contributed by atoms with van der Waals surface area (Å²) in [7, 11) is 0. The Kier molecular flexibility index (Phi) is 14.5. The lowest BCUT2D eigenvalue weighted by Gasteiger charge is -2.01. The highest BCUT2D eigenvalue weighted by molar-refractivity contribution is 4.81. The molecular weight excluding hydrogens is 210 g/mol. The Hall–Kier alpha value is -0.810. The first-order valence-electron chi connectivity index (χ1n) is 7.01. The van der Waals surface area contributed by atoms with Crippen molar-refractivity contribution < 1.29 is 4.74 Å². The van der Waals surface area contributed by atoms with Crippen molar-refractivity contribution in [2.45, 2.75) is 64.7 Å². The Labute approximate surface area is 107 Å². The molecule has 0 N–H and O–H groups in total. The fourth-order valence-corrected chi connectivity index (χ4v) is 1.60. The number of rotatable bonds is 12. The van der Waals surface area contributed by atoms with E-state index >= 15 is 0 Å². The molecule has 0 bridgehead atoms. The molecule has 0 heterocycles. The SMILES string of the molecule is CCCC/C=C/CCCCCCOCCC#N. The molecule has 0 fully saturated rings. The Morgan fingerprint density at radius 2 is 1.65 bits per heavy atom. The van der Waals surface area contributed by atoms with Gasteiger partial charge in [-0.05, 0) is 25.7 Å². The highest BCUT2D eigenvalue weighted by Crippen LogP contribution is 2.05. The molecule has 0 aromatic rings. The minimum absolute atomic E-state index is 0.516. The summed E-state index contributed by atoms with van der Waals surface area (Å²) < 4.78 is 5.31. The minimum atomic E-state index is 0.516. The molecule has 0 radical (unpaired) electrons. The van der Waals surface area contributed by atoms with Gasteiger partial charge in [-0.15, -0.1) is 0 Å². The van der Waals surface area contributed by atoms with Gasteiger partial charge in [-0.2, -0.15) is 5.26 Å². The lowest BCUT2D eigenvalue weighted by Crippen LogP contribution is -1.95. The van der Waals surface area contributed by atoms with Crippen LogP contribution in [0.3, 0.4) is 0 Å². The Bertz CT molecular complexity index is 205. The molecule has 0 saturated carbocycles. The van der Waals surface area contributed by atoms with E-state index < -0.39 is 0 Å². The van der Waals surface area contributed by atoms with E-state index in [0.717, 1.165) is 13.0 Å². The van der Waals surface area contributed by atoms with Gasteiger partial charge in [-0.25, -0.2) is 0 Å². The number of hydrogen-bond donors (Lipinski definition) is 0. The number of ether oxygens (including phenoxy) is 1. The molecule has 0 aliphatic carbocycles. The zero-order valence-corrected chi connectivity index (χ0v) is 11.3. The van der Waals surface area contributed by atoms with Crippen molar-refractivity contribution in [3.63, 3.8) is 0 Å². The van der Waals surface area contributed by atoms with Crippen LogP contribution in [0, 0.1) is 11.3 Å². The predicted molar refractivity (Wildman–Crippen MR) is 72.8 cm³/mol. The van der Waals surface area contributed by atoms with E-state index in [1.807, 2.05) is 0 Å². The molecule has 0 aliphatic rings. The average molecular weight is 237 g/mol. The van der Waals surface area contributed by atoms with Crippen molar-refractivity contribution in [1.82, 2.24) is 0 Å². The Balaban J connectivity index is 2.98. The van der Waals surface area contributed by atoms with Gasteiger partial charge in [0.05, 0.1) is 19.1 Å². The zero-order chi connectivity index (χ0) is 12.6. The molecule has 0 atom stereocenters. The van der Waals surface area contributed by atoms with Crippen LogP contribution in [-0.2, 0) is 4.74 Å². The second-order valence-electron chi connectivity index (χ2n) is 4.34. The average Bonchev–Trinajstić information content (AvgIpc) is 2.35. The standard InChI is InChI=1S/C15H27NO/c1-2-3-4-5-6-7-8-9-10-11-14-17-15-12-13-16/h5-6H,2-4,7-12,14-15H2,1H3/b6-5+. The van der Waals surface area contributed by atoms with E-state index in [4.69, 9.17) is 10.00 Å². The summed E-state index contributed by atoms with van der Waals surface area (Å²) >= 11 is 0. The third kappa shape index (κ3) is 15.2. The van der Waals surface area contributed by atoms with E-state index in [1.54, 1.807) is 0 Å². The van der Waals surface area contributed by atoms with E-state index in [9.17, 15) is 0 Å². The molecule has 2 heteroatoms. The maximum Gasteiger partial charge on any atom is 0.0645 e. The third-order valence-corrected chi connectivity index (χ3v) is 2.66. The second-order valence-corrected chi connectivity index (χ2v) is 4.34. The molecule has 0 saturated heterocycles. The van der Waals surface area contributed by atoms with Crippen molar-refractivity contribution in [2.75, 3.05) is 13.2 Å². The van der Waals surface area contributed by atoms with Crippen molar-refractivity contribution in [3.8, 4) is 6.07 Å². The van der Waals surface area contributed by atoms with Crippen LogP contribution in [0.5, 0.6) is 0 Å². The van der Waals surface area contributed by atoms with Crippen molar-refractivity contribution in [1.29, 1.82) is 5.26 Å². The van der Waals surface area contributed by atoms with Gasteiger partial charge in [-0.3, -0.25) is 0 Å². The maximum absolute atomic E-state index is 8.31. The first-order valence-corrected chi connectivity index (χ1v) is 7.01. The van der Waals surface area contributed by atoms with Gasteiger partial charge in [0.15, 0.2) is 0 Å². The fraction of sp³-hybridized carbons (Fsp3) is 0.800. The molecule has 0 aromatic heterocycles. The molecule has 0 aromatic carbocycles. The molecule has 98 valence electrons. The van der Waals surface area contributed by atoms with E-state index in [0.29, 0.717) is 13.0 Å². The highest BCUT2D eigenvalue weighted by Gasteiger charge is 1.90. The van der Waals surface area contributed by atoms with Gasteiger partial charge in [-0.1, -0.05) is 44.8 Å². The maximum atomic E-state index is 8.31. The summed E-state index contributed by atoms with van der Waals surface area (Å²) in [6.07, 6.45) is 15.2. The molecular formula is C15H27NO. The van der Waals surface area contributed by atoms with Gasteiger partial charge in [0.25, 0.3) is 0 Å². The molecule has 0 amide bonds. The topological polar surface area (TPSA) is 33.0 Å². The van der Waals surface area contributed by atoms with Crippen LogP contribution >= 0.6 is 0 Å². The summed E-state index contributed by atoms with van der Waals surface area (Å²) in [6.45, 7) is 3.64. The van der Waals surface area contributed by atoms with Crippen LogP contribution in [0.2, 0.25) is 0 Å². The third-order valence-electron chi connectivity index (χ3n) is 2.66. The predicted octanol–water partition coefficient (Wildman–Crippen LogP) is 4.61. The summed E-state index contributed by atoms with van der Waals surface area (Å²) in [5.74, 6) is 0. The quantitative estimate of drug-likeness (QED) is 0.367. The highest BCUT2D eigenvalue weighted by atomic mass is 16.5. The van der Waals surface area contributed by atoms with Crippen molar-refractivity contribution in [2.24, 2.45) is 0 Å². The fourth-order valence-electron chi connectivity index (χ4n) is 1.60. The van der Waals surface area contributed by atoms with Gasteiger partial charge < -0.3 is 4.74 Å². The molecule has 2 nitrogen and oxygen atoms in total. The lowest BCUT2D eigenvalue weighted by atomic mass is 10.1. The largest absolute Gasteiger partial charge is 0.380 e. The number of allylic oxidation sites excluding steroid dienone is 2. The first kappa shape index (κ1) is 16.2. The molecule has 0 spiro atoms. The Morgan fingerprint density at radius 1 is 0.941 bits per heavy atom. The first-order chi connectivity index (χ1) is 8.41. The Morgan fingerprint density at radius 3 is 2.35 bits per heavy atom. The number of nitrogens with zero attached hydrogens (tertiary/aromatic N) is 1. The minimum Gasteiger partial charge on any atom is -0.380 e. The van der Waals surface area contributed by atoms with Gasteiger partial charge >= 0.3 is 0 Å². The number of unbranched alkanes of at least 4 members (excludes halogenated alkanes) is 6. The van der Waals surface area contributed by atoms with Crippen LogP contribution < -0.4 is 0 Å². The molecule has 0 rings (SSSR count). The normalized spacial score (nSPS) is 10.8. The van der Waals surface area contributed by atoms with Crippen LogP contribution in [0.15, 0.2) is 12.2 Å². The second kappa shape index (κ2) is 15.2. The summed E-state index contributed by atoms with van der Waals surface area (Å²) in [5.41, 5.74) is 0.